The van der Waals surface area contributed by atoms with E-state index < -0.39 is 0 Å². The Hall–Kier alpha value is -1.40. The minimum absolute atomic E-state index is 0.161. The highest BCUT2D eigenvalue weighted by atomic mass is 79.9. The van der Waals surface area contributed by atoms with Gasteiger partial charge in [-0.1, -0.05) is 15.9 Å². The van der Waals surface area contributed by atoms with Crippen LogP contribution in [0.25, 0.3) is 0 Å². The fourth-order valence-corrected chi connectivity index (χ4v) is 2.41. The SMILES string of the molecule is Nc1cc(Br)cc(C(=O)NCc2cscn2)c1. The molecule has 88 valence electrons. The monoisotopic (exact) mass is 311 g/mol. The maximum absolute atomic E-state index is 11.8. The predicted molar refractivity (Wildman–Crippen MR) is 71.8 cm³/mol. The molecule has 0 bridgehead atoms. The summed E-state index contributed by atoms with van der Waals surface area (Å²) >= 11 is 4.80. The van der Waals surface area contributed by atoms with E-state index in [1.165, 1.54) is 11.3 Å². The number of nitrogens with two attached hydrogens (primary N) is 1. The van der Waals surface area contributed by atoms with Crippen LogP contribution in [-0.2, 0) is 6.54 Å². The molecule has 4 nitrogen and oxygen atoms in total. The standard InChI is InChI=1S/C11H10BrN3OS/c12-8-1-7(2-9(13)3-8)11(16)14-4-10-5-17-6-15-10/h1-3,5-6H,4,13H2,(H,14,16). The Labute approximate surface area is 111 Å². The van der Waals surface area contributed by atoms with E-state index in [-0.39, 0.29) is 5.91 Å². The number of aromatic nitrogens is 1. The van der Waals surface area contributed by atoms with Crippen LogP contribution in [0.15, 0.2) is 33.6 Å². The van der Waals surface area contributed by atoms with Gasteiger partial charge in [0.05, 0.1) is 17.7 Å². The number of nitrogens with one attached hydrogen (secondary N) is 1. The number of halogens is 1. The number of carbonyl (C=O) groups is 1. The van der Waals surface area contributed by atoms with Gasteiger partial charge in [0, 0.05) is 21.1 Å². The van der Waals surface area contributed by atoms with Crippen molar-refractivity contribution in [3.05, 3.63) is 44.8 Å². The smallest absolute Gasteiger partial charge is 0.251 e. The minimum atomic E-state index is -0.161. The number of rotatable bonds is 3. The van der Waals surface area contributed by atoms with Gasteiger partial charge in [0.25, 0.3) is 5.91 Å². The quantitative estimate of drug-likeness (QED) is 0.855. The van der Waals surface area contributed by atoms with Crippen LogP contribution < -0.4 is 11.1 Å². The molecule has 0 radical (unpaired) electrons. The van der Waals surface area contributed by atoms with Crippen molar-refractivity contribution in [2.45, 2.75) is 6.54 Å². The van der Waals surface area contributed by atoms with Gasteiger partial charge in [-0.2, -0.15) is 0 Å². The van der Waals surface area contributed by atoms with E-state index in [2.05, 4.69) is 26.2 Å². The fraction of sp³-hybridized carbons (Fsp3) is 0.0909. The summed E-state index contributed by atoms with van der Waals surface area (Å²) in [5.74, 6) is -0.161. The molecule has 1 heterocycles. The van der Waals surface area contributed by atoms with Gasteiger partial charge in [-0.15, -0.1) is 11.3 Å². The van der Waals surface area contributed by atoms with Gasteiger partial charge < -0.3 is 11.1 Å². The minimum Gasteiger partial charge on any atom is -0.399 e. The van der Waals surface area contributed by atoms with Crippen molar-refractivity contribution in [3.8, 4) is 0 Å². The lowest BCUT2D eigenvalue weighted by atomic mass is 10.2. The summed E-state index contributed by atoms with van der Waals surface area (Å²) in [5.41, 5.74) is 9.34. The highest BCUT2D eigenvalue weighted by molar-refractivity contribution is 9.10. The second kappa shape index (κ2) is 5.29. The van der Waals surface area contributed by atoms with Crippen LogP contribution in [0.5, 0.6) is 0 Å². The number of carbonyl (C=O) groups excluding carboxylic acids is 1. The van der Waals surface area contributed by atoms with Crippen molar-refractivity contribution in [2.24, 2.45) is 0 Å². The Balaban J connectivity index is 2.04. The predicted octanol–water partition coefficient (Wildman–Crippen LogP) is 2.42. The molecule has 3 N–H and O–H groups in total. The Kier molecular flexibility index (Phi) is 3.75. The largest absolute Gasteiger partial charge is 0.399 e. The molecule has 17 heavy (non-hydrogen) atoms. The molecule has 1 aromatic carbocycles. The average molecular weight is 312 g/mol. The second-order valence-corrected chi connectivity index (χ2v) is 5.07. The van der Waals surface area contributed by atoms with Crippen molar-refractivity contribution in [1.29, 1.82) is 0 Å². The first kappa shape index (κ1) is 12.1. The molecule has 0 atom stereocenters. The summed E-state index contributed by atoms with van der Waals surface area (Å²) < 4.78 is 0.788. The first-order valence-electron chi connectivity index (χ1n) is 4.86. The van der Waals surface area contributed by atoms with Gasteiger partial charge in [-0.05, 0) is 18.2 Å². The number of hydrogen-bond donors (Lipinski definition) is 2. The molecule has 6 heteroatoms. The van der Waals surface area contributed by atoms with Crippen LogP contribution in [0.3, 0.4) is 0 Å². The Morgan fingerprint density at radius 2 is 2.29 bits per heavy atom. The number of benzene rings is 1. The maximum Gasteiger partial charge on any atom is 0.251 e. The van der Waals surface area contributed by atoms with Crippen LogP contribution in [0.4, 0.5) is 5.69 Å². The molecule has 0 fully saturated rings. The second-order valence-electron chi connectivity index (χ2n) is 3.44. The molecular weight excluding hydrogens is 302 g/mol. The third-order valence-corrected chi connectivity index (χ3v) is 3.19. The van der Waals surface area contributed by atoms with Gasteiger partial charge in [0.15, 0.2) is 0 Å². The highest BCUT2D eigenvalue weighted by Crippen LogP contribution is 2.17. The van der Waals surface area contributed by atoms with Crippen molar-refractivity contribution < 1.29 is 4.79 Å². The van der Waals surface area contributed by atoms with Crippen molar-refractivity contribution in [3.63, 3.8) is 0 Å². The third kappa shape index (κ3) is 3.28. The zero-order valence-electron chi connectivity index (χ0n) is 8.81. The lowest BCUT2D eigenvalue weighted by Gasteiger charge is -2.05. The van der Waals surface area contributed by atoms with E-state index in [9.17, 15) is 4.79 Å². The Morgan fingerprint density at radius 1 is 1.47 bits per heavy atom. The topological polar surface area (TPSA) is 68.0 Å². The summed E-state index contributed by atoms with van der Waals surface area (Å²) in [4.78, 5) is 15.9. The normalized spacial score (nSPS) is 10.2. The molecule has 0 unspecified atom stereocenters. The van der Waals surface area contributed by atoms with E-state index in [4.69, 9.17) is 5.73 Å². The Bertz CT molecular complexity index is 507. The van der Waals surface area contributed by atoms with Crippen LogP contribution in [0.2, 0.25) is 0 Å². The van der Waals surface area contributed by atoms with Crippen LogP contribution in [0.1, 0.15) is 16.1 Å². The molecule has 0 aliphatic rings. The number of hydrogen-bond acceptors (Lipinski definition) is 4. The first-order chi connectivity index (χ1) is 8.15. The van der Waals surface area contributed by atoms with Crippen LogP contribution >= 0.6 is 27.3 Å². The number of thiazole rings is 1. The van der Waals surface area contributed by atoms with Gasteiger partial charge in [-0.25, -0.2) is 4.98 Å². The molecule has 0 spiro atoms. The molecule has 0 aliphatic carbocycles. The van der Waals surface area contributed by atoms with Crippen molar-refractivity contribution >= 4 is 38.9 Å². The third-order valence-electron chi connectivity index (χ3n) is 2.10. The maximum atomic E-state index is 11.8. The molecule has 0 saturated heterocycles. The average Bonchev–Trinajstić information content (AvgIpc) is 2.77. The van der Waals surface area contributed by atoms with Gasteiger partial charge in [0.2, 0.25) is 0 Å². The molecule has 1 aromatic heterocycles. The Morgan fingerprint density at radius 3 is 2.94 bits per heavy atom. The van der Waals surface area contributed by atoms with Crippen LogP contribution in [-0.4, -0.2) is 10.9 Å². The van der Waals surface area contributed by atoms with Crippen LogP contribution in [0, 0.1) is 0 Å². The van der Waals surface area contributed by atoms with E-state index >= 15 is 0 Å². The van der Waals surface area contributed by atoms with E-state index in [1.807, 2.05) is 5.38 Å². The number of nitrogens with zero attached hydrogens (tertiary/aromatic N) is 1. The van der Waals surface area contributed by atoms with Gasteiger partial charge in [0.1, 0.15) is 0 Å². The number of anilines is 1. The highest BCUT2D eigenvalue weighted by Gasteiger charge is 2.07. The van der Waals surface area contributed by atoms with E-state index in [0.29, 0.717) is 17.8 Å². The summed E-state index contributed by atoms with van der Waals surface area (Å²) in [7, 11) is 0. The fourth-order valence-electron chi connectivity index (χ4n) is 1.34. The number of amides is 1. The number of nitrogen functional groups attached to an aromatic ring is 1. The lowest BCUT2D eigenvalue weighted by Crippen LogP contribution is -2.23. The zero-order chi connectivity index (χ0) is 12.3. The van der Waals surface area contributed by atoms with Crippen molar-refractivity contribution in [2.75, 3.05) is 5.73 Å². The lowest BCUT2D eigenvalue weighted by molar-refractivity contribution is 0.0950. The molecule has 0 aliphatic heterocycles. The molecule has 2 rings (SSSR count). The van der Waals surface area contributed by atoms with Gasteiger partial charge >= 0.3 is 0 Å². The van der Waals surface area contributed by atoms with Crippen molar-refractivity contribution in [1.82, 2.24) is 10.3 Å². The molecule has 0 saturated carbocycles. The summed E-state index contributed by atoms with van der Waals surface area (Å²) in [6, 6.07) is 5.12. The van der Waals surface area contributed by atoms with E-state index in [0.717, 1.165) is 10.2 Å². The zero-order valence-corrected chi connectivity index (χ0v) is 11.2. The van der Waals surface area contributed by atoms with E-state index in [1.54, 1.807) is 23.7 Å². The molecule has 1 amide bonds. The summed E-state index contributed by atoms with van der Waals surface area (Å²) in [6.45, 7) is 0.425. The summed E-state index contributed by atoms with van der Waals surface area (Å²) in [5, 5.41) is 4.68. The molecular formula is C11H10BrN3OS. The first-order valence-corrected chi connectivity index (χ1v) is 6.60. The van der Waals surface area contributed by atoms with Gasteiger partial charge in [-0.3, -0.25) is 4.79 Å². The summed E-state index contributed by atoms with van der Waals surface area (Å²) in [6.07, 6.45) is 0. The molecule has 2 aromatic rings.